The van der Waals surface area contributed by atoms with Gasteiger partial charge in [0.1, 0.15) is 5.82 Å². The molecular formula is C15H14FNO3S. The molecule has 0 fully saturated rings. The Morgan fingerprint density at radius 2 is 1.95 bits per heavy atom. The third-order valence-electron chi connectivity index (χ3n) is 2.66. The normalized spacial score (nSPS) is 10.1. The van der Waals surface area contributed by atoms with Crippen LogP contribution in [0.15, 0.2) is 41.8 Å². The lowest BCUT2D eigenvalue weighted by Crippen LogP contribution is -2.24. The lowest BCUT2D eigenvalue weighted by molar-refractivity contribution is 0.0501. The highest BCUT2D eigenvalue weighted by atomic mass is 32.1. The van der Waals surface area contributed by atoms with Gasteiger partial charge >= 0.3 is 5.97 Å². The first-order valence-electron chi connectivity index (χ1n) is 6.41. The van der Waals surface area contributed by atoms with E-state index in [1.165, 1.54) is 35.6 Å². The zero-order chi connectivity index (χ0) is 15.1. The molecule has 0 spiro atoms. The van der Waals surface area contributed by atoms with E-state index in [4.69, 9.17) is 4.74 Å². The minimum Gasteiger partial charge on any atom is -0.462 e. The molecule has 1 heterocycles. The molecule has 1 amide bonds. The molecule has 1 aromatic carbocycles. The fourth-order valence-corrected chi connectivity index (χ4v) is 2.24. The summed E-state index contributed by atoms with van der Waals surface area (Å²) in [6.45, 7) is 0.619. The van der Waals surface area contributed by atoms with Crippen LogP contribution in [0.3, 0.4) is 0 Å². The summed E-state index contributed by atoms with van der Waals surface area (Å²) in [5, 5.41) is 4.57. The third kappa shape index (κ3) is 4.68. The zero-order valence-corrected chi connectivity index (χ0v) is 12.0. The fourth-order valence-electron chi connectivity index (χ4n) is 1.60. The number of amides is 1. The van der Waals surface area contributed by atoms with Crippen LogP contribution in [-0.4, -0.2) is 25.0 Å². The minimum absolute atomic E-state index is 0.130. The lowest BCUT2D eigenvalue weighted by Gasteiger charge is -2.06. The Labute approximate surface area is 125 Å². The van der Waals surface area contributed by atoms with Gasteiger partial charge in [0.05, 0.1) is 17.0 Å². The summed E-state index contributed by atoms with van der Waals surface area (Å²) >= 11 is 1.37. The van der Waals surface area contributed by atoms with E-state index >= 15 is 0 Å². The second-order valence-electron chi connectivity index (χ2n) is 4.23. The van der Waals surface area contributed by atoms with Crippen LogP contribution >= 0.6 is 11.3 Å². The van der Waals surface area contributed by atoms with Crippen molar-refractivity contribution in [3.63, 3.8) is 0 Å². The number of esters is 1. The maximum Gasteiger partial charge on any atom is 0.338 e. The topological polar surface area (TPSA) is 55.4 Å². The highest BCUT2D eigenvalue weighted by molar-refractivity contribution is 7.12. The van der Waals surface area contributed by atoms with Crippen LogP contribution in [0, 0.1) is 5.82 Å². The molecule has 0 aliphatic heterocycles. The fraction of sp³-hybridized carbons (Fsp3) is 0.200. The molecule has 0 saturated heterocycles. The van der Waals surface area contributed by atoms with Gasteiger partial charge in [-0.1, -0.05) is 6.07 Å². The lowest BCUT2D eigenvalue weighted by atomic mass is 10.2. The first kappa shape index (κ1) is 15.2. The molecule has 2 aromatic rings. The first-order chi connectivity index (χ1) is 10.2. The number of ether oxygens (including phenoxy) is 1. The van der Waals surface area contributed by atoms with Gasteiger partial charge in [-0.3, -0.25) is 4.79 Å². The molecule has 0 unspecified atom stereocenters. The number of rotatable bonds is 6. The Hall–Kier alpha value is -2.21. The quantitative estimate of drug-likeness (QED) is 0.659. The number of benzene rings is 1. The average Bonchev–Trinajstić information content (AvgIpc) is 3.01. The summed E-state index contributed by atoms with van der Waals surface area (Å²) in [7, 11) is 0. The summed E-state index contributed by atoms with van der Waals surface area (Å²) < 4.78 is 17.7. The van der Waals surface area contributed by atoms with Gasteiger partial charge < -0.3 is 10.1 Å². The van der Waals surface area contributed by atoms with Gasteiger partial charge in [0.25, 0.3) is 5.91 Å². The van der Waals surface area contributed by atoms with E-state index in [2.05, 4.69) is 5.32 Å². The van der Waals surface area contributed by atoms with Gasteiger partial charge in [-0.25, -0.2) is 9.18 Å². The maximum atomic E-state index is 12.7. The van der Waals surface area contributed by atoms with Crippen molar-refractivity contribution in [1.82, 2.24) is 5.32 Å². The Kier molecular flexibility index (Phi) is 5.45. The van der Waals surface area contributed by atoms with E-state index in [1.54, 1.807) is 6.07 Å². The summed E-state index contributed by atoms with van der Waals surface area (Å²) in [5.74, 6) is -1.03. The molecule has 4 nitrogen and oxygen atoms in total. The summed E-state index contributed by atoms with van der Waals surface area (Å²) in [6, 6.07) is 8.71. The van der Waals surface area contributed by atoms with E-state index in [0.717, 1.165) is 0 Å². The third-order valence-corrected chi connectivity index (χ3v) is 3.53. The van der Waals surface area contributed by atoms with E-state index in [9.17, 15) is 14.0 Å². The van der Waals surface area contributed by atoms with Crippen molar-refractivity contribution in [2.45, 2.75) is 6.42 Å². The van der Waals surface area contributed by atoms with Crippen LogP contribution in [0.5, 0.6) is 0 Å². The second-order valence-corrected chi connectivity index (χ2v) is 5.18. The molecule has 0 radical (unpaired) electrons. The molecule has 1 aromatic heterocycles. The van der Waals surface area contributed by atoms with Crippen molar-refractivity contribution in [3.05, 3.63) is 58.0 Å². The molecule has 110 valence electrons. The van der Waals surface area contributed by atoms with Gasteiger partial charge in [0, 0.05) is 6.54 Å². The monoisotopic (exact) mass is 307 g/mol. The molecular weight excluding hydrogens is 293 g/mol. The maximum absolute atomic E-state index is 12.7. The number of halogens is 1. The number of thiophene rings is 1. The molecule has 6 heteroatoms. The molecule has 1 N–H and O–H groups in total. The van der Waals surface area contributed by atoms with Crippen molar-refractivity contribution in [3.8, 4) is 0 Å². The smallest absolute Gasteiger partial charge is 0.338 e. The first-order valence-corrected chi connectivity index (χ1v) is 7.29. The van der Waals surface area contributed by atoms with Crippen LogP contribution < -0.4 is 5.32 Å². The highest BCUT2D eigenvalue weighted by Gasteiger charge is 2.07. The van der Waals surface area contributed by atoms with Gasteiger partial charge in [-0.2, -0.15) is 0 Å². The van der Waals surface area contributed by atoms with Crippen LogP contribution in [0.1, 0.15) is 26.5 Å². The zero-order valence-electron chi connectivity index (χ0n) is 11.2. The van der Waals surface area contributed by atoms with Crippen LogP contribution in [-0.2, 0) is 4.74 Å². The van der Waals surface area contributed by atoms with Crippen LogP contribution in [0.25, 0.3) is 0 Å². The van der Waals surface area contributed by atoms with Gasteiger partial charge in [0.2, 0.25) is 0 Å². The summed E-state index contributed by atoms with van der Waals surface area (Å²) in [4.78, 5) is 23.9. The number of hydrogen-bond acceptors (Lipinski definition) is 4. The van der Waals surface area contributed by atoms with E-state index < -0.39 is 11.8 Å². The Balaban J connectivity index is 1.64. The minimum atomic E-state index is -0.500. The molecule has 2 rings (SSSR count). The molecule has 0 atom stereocenters. The SMILES string of the molecule is O=C(OCCCNC(=O)c1cccs1)c1ccc(F)cc1. The predicted molar refractivity (Wildman–Crippen MR) is 78.0 cm³/mol. The molecule has 0 bridgehead atoms. The van der Waals surface area contributed by atoms with Gasteiger partial charge in [0.15, 0.2) is 0 Å². The van der Waals surface area contributed by atoms with Crippen LogP contribution in [0.2, 0.25) is 0 Å². The average molecular weight is 307 g/mol. The van der Waals surface area contributed by atoms with Crippen molar-refractivity contribution in [2.75, 3.05) is 13.2 Å². The Morgan fingerprint density at radius 3 is 2.62 bits per heavy atom. The summed E-state index contributed by atoms with van der Waals surface area (Å²) in [5.41, 5.74) is 0.305. The largest absolute Gasteiger partial charge is 0.462 e. The number of carbonyl (C=O) groups excluding carboxylic acids is 2. The van der Waals surface area contributed by atoms with Crippen molar-refractivity contribution < 1.29 is 18.7 Å². The Morgan fingerprint density at radius 1 is 1.19 bits per heavy atom. The molecule has 0 aliphatic rings. The van der Waals surface area contributed by atoms with Gasteiger partial charge in [-0.15, -0.1) is 11.3 Å². The van der Waals surface area contributed by atoms with Crippen LogP contribution in [0.4, 0.5) is 4.39 Å². The number of carbonyl (C=O) groups is 2. The number of nitrogens with one attached hydrogen (secondary N) is 1. The molecule has 0 saturated carbocycles. The molecule has 21 heavy (non-hydrogen) atoms. The Bertz CT molecular complexity index is 596. The van der Waals surface area contributed by atoms with E-state index in [1.807, 2.05) is 11.4 Å². The summed E-state index contributed by atoms with van der Waals surface area (Å²) in [6.07, 6.45) is 0.518. The second kappa shape index (κ2) is 7.54. The van der Waals surface area contributed by atoms with Gasteiger partial charge in [-0.05, 0) is 42.1 Å². The van der Waals surface area contributed by atoms with E-state index in [-0.39, 0.29) is 12.5 Å². The number of hydrogen-bond donors (Lipinski definition) is 1. The molecule has 0 aliphatic carbocycles. The van der Waals surface area contributed by atoms with Crippen molar-refractivity contribution in [1.29, 1.82) is 0 Å². The van der Waals surface area contributed by atoms with E-state index in [0.29, 0.717) is 23.4 Å². The van der Waals surface area contributed by atoms with Crippen molar-refractivity contribution >= 4 is 23.2 Å². The predicted octanol–water partition coefficient (Wildman–Crippen LogP) is 2.86. The van der Waals surface area contributed by atoms with Crippen molar-refractivity contribution in [2.24, 2.45) is 0 Å². The standard InChI is InChI=1S/C15H14FNO3S/c16-12-6-4-11(5-7-12)15(19)20-9-2-8-17-14(18)13-3-1-10-21-13/h1,3-7,10H,2,8-9H2,(H,17,18). The highest BCUT2D eigenvalue weighted by Crippen LogP contribution is 2.07.